The van der Waals surface area contributed by atoms with Crippen LogP contribution in [0, 0.1) is 0 Å². The maximum absolute atomic E-state index is 12.1. The molecule has 2 aromatic rings. The Hall–Kier alpha value is -1.61. The van der Waals surface area contributed by atoms with E-state index in [1.54, 1.807) is 0 Å². The third-order valence-electron chi connectivity index (χ3n) is 3.64. The van der Waals surface area contributed by atoms with Crippen LogP contribution in [0.25, 0.3) is 0 Å². The Bertz CT molecular complexity index is 624. The lowest BCUT2D eigenvalue weighted by Gasteiger charge is -2.35. The zero-order valence-electron chi connectivity index (χ0n) is 10.6. The molecule has 1 amide bonds. The highest BCUT2D eigenvalue weighted by Gasteiger charge is 2.30. The molecule has 0 saturated heterocycles. The van der Waals surface area contributed by atoms with Gasteiger partial charge in [-0.1, -0.05) is 52.3 Å². The van der Waals surface area contributed by atoms with Gasteiger partial charge in [-0.15, -0.1) is 0 Å². The minimum absolute atomic E-state index is 0.00921. The highest BCUT2D eigenvalue weighted by molar-refractivity contribution is 9.10. The average molecular weight is 316 g/mol. The molecule has 0 bridgehead atoms. The summed E-state index contributed by atoms with van der Waals surface area (Å²) in [5.74, 6) is 0.170. The number of benzene rings is 2. The van der Waals surface area contributed by atoms with Gasteiger partial charge in [0.2, 0.25) is 5.91 Å². The van der Waals surface area contributed by atoms with Crippen molar-refractivity contribution in [2.24, 2.45) is 0 Å². The summed E-state index contributed by atoms with van der Waals surface area (Å²) in [6.07, 6.45) is 0.489. The molecule has 2 nitrogen and oxygen atoms in total. The molecule has 0 aromatic heterocycles. The number of amides is 1. The molecule has 1 heterocycles. The molecule has 1 aliphatic rings. The molecule has 96 valence electrons. The van der Waals surface area contributed by atoms with E-state index in [0.717, 1.165) is 15.6 Å². The summed E-state index contributed by atoms with van der Waals surface area (Å²) in [5.41, 5.74) is 3.49. The van der Waals surface area contributed by atoms with Gasteiger partial charge in [-0.05, 0) is 28.8 Å². The Balaban J connectivity index is 2.17. The number of likely N-dealkylation sites (N-methyl/N-ethyl adjacent to an activating group) is 1. The molecule has 0 aliphatic carbocycles. The number of rotatable bonds is 1. The third kappa shape index (κ3) is 2.19. The van der Waals surface area contributed by atoms with Crippen LogP contribution in [0.5, 0.6) is 0 Å². The van der Waals surface area contributed by atoms with Crippen LogP contribution in [-0.2, 0) is 11.2 Å². The van der Waals surface area contributed by atoms with E-state index >= 15 is 0 Å². The Morgan fingerprint density at radius 2 is 1.89 bits per heavy atom. The van der Waals surface area contributed by atoms with Gasteiger partial charge < -0.3 is 4.90 Å². The van der Waals surface area contributed by atoms with E-state index in [9.17, 15) is 4.79 Å². The molecule has 1 unspecified atom stereocenters. The number of carbonyl (C=O) groups excluding carboxylic acids is 1. The van der Waals surface area contributed by atoms with E-state index < -0.39 is 0 Å². The van der Waals surface area contributed by atoms with Crippen LogP contribution < -0.4 is 0 Å². The minimum Gasteiger partial charge on any atom is -0.334 e. The normalized spacial score (nSPS) is 18.3. The Morgan fingerprint density at radius 1 is 1.16 bits per heavy atom. The van der Waals surface area contributed by atoms with Crippen molar-refractivity contribution in [1.82, 2.24) is 4.90 Å². The predicted molar refractivity (Wildman–Crippen MR) is 78.9 cm³/mol. The number of carbonyl (C=O) groups is 1. The van der Waals surface area contributed by atoms with Crippen LogP contribution in [-0.4, -0.2) is 17.9 Å². The van der Waals surface area contributed by atoms with Crippen LogP contribution in [0.3, 0.4) is 0 Å². The lowest BCUT2D eigenvalue weighted by molar-refractivity contribution is -0.131. The third-order valence-corrected chi connectivity index (χ3v) is 4.13. The first-order valence-corrected chi connectivity index (χ1v) is 7.05. The fraction of sp³-hybridized carbons (Fsp3) is 0.188. The second-order valence-electron chi connectivity index (χ2n) is 4.84. The van der Waals surface area contributed by atoms with Crippen molar-refractivity contribution in [3.8, 4) is 0 Å². The summed E-state index contributed by atoms with van der Waals surface area (Å²) in [6.45, 7) is 0. The van der Waals surface area contributed by atoms with Crippen LogP contribution in [0.1, 0.15) is 22.7 Å². The first kappa shape index (κ1) is 12.4. The minimum atomic E-state index is 0.00921. The second kappa shape index (κ2) is 4.82. The molecule has 1 aliphatic heterocycles. The van der Waals surface area contributed by atoms with Gasteiger partial charge in [-0.25, -0.2) is 0 Å². The Morgan fingerprint density at radius 3 is 2.63 bits per heavy atom. The number of nitrogens with zero attached hydrogens (tertiary/aromatic N) is 1. The van der Waals surface area contributed by atoms with Gasteiger partial charge in [0.25, 0.3) is 0 Å². The first-order chi connectivity index (χ1) is 9.16. The van der Waals surface area contributed by atoms with Crippen molar-refractivity contribution in [2.75, 3.05) is 7.05 Å². The molecule has 19 heavy (non-hydrogen) atoms. The standard InChI is InChI=1S/C16H14BrNO/c1-18-15(19)9-12-7-8-13(17)10-14(12)16(18)11-5-3-2-4-6-11/h2-8,10,16H,9H2,1H3. The summed E-state index contributed by atoms with van der Waals surface area (Å²) in [4.78, 5) is 14.0. The largest absolute Gasteiger partial charge is 0.334 e. The van der Waals surface area contributed by atoms with Crippen LogP contribution in [0.2, 0.25) is 0 Å². The van der Waals surface area contributed by atoms with E-state index in [1.807, 2.05) is 42.3 Å². The van der Waals surface area contributed by atoms with E-state index in [4.69, 9.17) is 0 Å². The molecule has 0 fully saturated rings. The van der Waals surface area contributed by atoms with E-state index in [-0.39, 0.29) is 11.9 Å². The van der Waals surface area contributed by atoms with Crippen molar-refractivity contribution in [1.29, 1.82) is 0 Å². The molecule has 0 radical (unpaired) electrons. The highest BCUT2D eigenvalue weighted by atomic mass is 79.9. The summed E-state index contributed by atoms with van der Waals surface area (Å²) in [7, 11) is 1.88. The number of hydrogen-bond acceptors (Lipinski definition) is 1. The molecule has 1 atom stereocenters. The maximum atomic E-state index is 12.1. The SMILES string of the molecule is CN1C(=O)Cc2ccc(Br)cc2C1c1ccccc1. The fourth-order valence-corrected chi connectivity index (χ4v) is 3.04. The van der Waals surface area contributed by atoms with Crippen molar-refractivity contribution in [3.05, 3.63) is 69.7 Å². The molecule has 0 saturated carbocycles. The average Bonchev–Trinajstić information content (AvgIpc) is 2.42. The lowest BCUT2D eigenvalue weighted by atomic mass is 9.88. The zero-order chi connectivity index (χ0) is 13.4. The van der Waals surface area contributed by atoms with E-state index in [2.05, 4.69) is 34.1 Å². The summed E-state index contributed by atoms with van der Waals surface area (Å²) in [5, 5.41) is 0. The quantitative estimate of drug-likeness (QED) is 0.788. The van der Waals surface area contributed by atoms with Gasteiger partial charge in [0.05, 0.1) is 12.5 Å². The second-order valence-corrected chi connectivity index (χ2v) is 5.75. The van der Waals surface area contributed by atoms with Gasteiger partial charge in [-0.3, -0.25) is 4.79 Å². The highest BCUT2D eigenvalue weighted by Crippen LogP contribution is 2.35. The lowest BCUT2D eigenvalue weighted by Crippen LogP contribution is -2.37. The Labute approximate surface area is 121 Å². The van der Waals surface area contributed by atoms with Gasteiger partial charge in [0.1, 0.15) is 0 Å². The van der Waals surface area contributed by atoms with Gasteiger partial charge in [-0.2, -0.15) is 0 Å². The first-order valence-electron chi connectivity index (χ1n) is 6.26. The summed E-state index contributed by atoms with van der Waals surface area (Å²) in [6, 6.07) is 16.3. The molecule has 0 N–H and O–H groups in total. The molecule has 3 heteroatoms. The molecule has 0 spiro atoms. The molecule has 2 aromatic carbocycles. The molecular weight excluding hydrogens is 302 g/mol. The number of hydrogen-bond donors (Lipinski definition) is 0. The fourth-order valence-electron chi connectivity index (χ4n) is 2.66. The van der Waals surface area contributed by atoms with Crippen molar-refractivity contribution in [2.45, 2.75) is 12.5 Å². The van der Waals surface area contributed by atoms with Gasteiger partial charge >= 0.3 is 0 Å². The van der Waals surface area contributed by atoms with Crippen LogP contribution in [0.4, 0.5) is 0 Å². The monoisotopic (exact) mass is 315 g/mol. The summed E-state index contributed by atoms with van der Waals surface area (Å²) >= 11 is 3.52. The van der Waals surface area contributed by atoms with Crippen molar-refractivity contribution >= 4 is 21.8 Å². The van der Waals surface area contributed by atoms with Crippen LogP contribution >= 0.6 is 15.9 Å². The number of fused-ring (bicyclic) bond motifs is 1. The van der Waals surface area contributed by atoms with Gasteiger partial charge in [0, 0.05) is 11.5 Å². The number of halogens is 1. The van der Waals surface area contributed by atoms with Crippen molar-refractivity contribution < 1.29 is 4.79 Å². The zero-order valence-corrected chi connectivity index (χ0v) is 12.2. The van der Waals surface area contributed by atoms with Gasteiger partial charge in [0.15, 0.2) is 0 Å². The topological polar surface area (TPSA) is 20.3 Å². The Kier molecular flexibility index (Phi) is 3.15. The van der Waals surface area contributed by atoms with Crippen LogP contribution in [0.15, 0.2) is 53.0 Å². The molecular formula is C16H14BrNO. The molecule has 3 rings (SSSR count). The van der Waals surface area contributed by atoms with E-state index in [0.29, 0.717) is 6.42 Å². The smallest absolute Gasteiger partial charge is 0.227 e. The summed E-state index contributed by atoms with van der Waals surface area (Å²) < 4.78 is 1.05. The van der Waals surface area contributed by atoms with E-state index in [1.165, 1.54) is 5.56 Å². The predicted octanol–water partition coefficient (Wildman–Crippen LogP) is 3.55. The van der Waals surface area contributed by atoms with Crippen molar-refractivity contribution in [3.63, 3.8) is 0 Å². The maximum Gasteiger partial charge on any atom is 0.227 e.